The standard InChI is InChI=1S/C12H16BrNO3/c1-8(2)14(7-6-13)12(17)11-9(15)4-3-5-10(11)16/h3-5,8,15-16H,6-7H2,1-2H3. The second kappa shape index (κ2) is 5.91. The fourth-order valence-corrected chi connectivity index (χ4v) is 1.96. The van der Waals surface area contributed by atoms with Gasteiger partial charge in [-0.2, -0.15) is 0 Å². The highest BCUT2D eigenvalue weighted by Crippen LogP contribution is 2.28. The molecular weight excluding hydrogens is 286 g/mol. The average Bonchev–Trinajstić information content (AvgIpc) is 2.24. The van der Waals surface area contributed by atoms with Crippen LogP contribution in [0.3, 0.4) is 0 Å². The van der Waals surface area contributed by atoms with Crippen LogP contribution in [-0.4, -0.2) is 38.9 Å². The summed E-state index contributed by atoms with van der Waals surface area (Å²) in [6.07, 6.45) is 0. The van der Waals surface area contributed by atoms with Crippen LogP contribution < -0.4 is 0 Å². The van der Waals surface area contributed by atoms with E-state index in [0.717, 1.165) is 0 Å². The van der Waals surface area contributed by atoms with E-state index in [1.807, 2.05) is 13.8 Å². The molecule has 0 unspecified atom stereocenters. The summed E-state index contributed by atoms with van der Waals surface area (Å²) < 4.78 is 0. The van der Waals surface area contributed by atoms with Crippen LogP contribution in [0.25, 0.3) is 0 Å². The number of nitrogens with zero attached hydrogens (tertiary/aromatic N) is 1. The summed E-state index contributed by atoms with van der Waals surface area (Å²) in [7, 11) is 0. The Hall–Kier alpha value is -1.23. The number of carbonyl (C=O) groups excluding carboxylic acids is 1. The summed E-state index contributed by atoms with van der Waals surface area (Å²) in [5.74, 6) is -0.763. The number of alkyl halides is 1. The Bertz CT molecular complexity index is 386. The van der Waals surface area contributed by atoms with E-state index in [9.17, 15) is 15.0 Å². The first-order chi connectivity index (χ1) is 7.99. The van der Waals surface area contributed by atoms with Gasteiger partial charge in [0.15, 0.2) is 0 Å². The average molecular weight is 302 g/mol. The Kier molecular flexibility index (Phi) is 4.81. The second-order valence-corrected chi connectivity index (χ2v) is 4.75. The lowest BCUT2D eigenvalue weighted by molar-refractivity contribution is 0.0713. The lowest BCUT2D eigenvalue weighted by Gasteiger charge is -2.26. The SMILES string of the molecule is CC(C)N(CCBr)C(=O)c1c(O)cccc1O. The minimum Gasteiger partial charge on any atom is -0.507 e. The van der Waals surface area contributed by atoms with Crippen LogP contribution in [0.1, 0.15) is 24.2 Å². The van der Waals surface area contributed by atoms with Gasteiger partial charge in [-0.3, -0.25) is 4.79 Å². The summed E-state index contributed by atoms with van der Waals surface area (Å²) in [5.41, 5.74) is -0.0397. The highest BCUT2D eigenvalue weighted by atomic mass is 79.9. The molecule has 0 fully saturated rings. The quantitative estimate of drug-likeness (QED) is 0.839. The fourth-order valence-electron chi connectivity index (χ4n) is 1.58. The van der Waals surface area contributed by atoms with Crippen LogP contribution in [-0.2, 0) is 0 Å². The monoisotopic (exact) mass is 301 g/mol. The molecule has 0 aromatic heterocycles. The van der Waals surface area contributed by atoms with Crippen LogP contribution in [0.5, 0.6) is 11.5 Å². The molecule has 1 aromatic rings. The van der Waals surface area contributed by atoms with Gasteiger partial charge in [0.1, 0.15) is 17.1 Å². The fraction of sp³-hybridized carbons (Fsp3) is 0.417. The summed E-state index contributed by atoms with van der Waals surface area (Å²) in [6, 6.07) is 4.27. The van der Waals surface area contributed by atoms with Crippen molar-refractivity contribution >= 4 is 21.8 Å². The Morgan fingerprint density at radius 2 is 1.88 bits per heavy atom. The first-order valence-electron chi connectivity index (χ1n) is 5.37. The van der Waals surface area contributed by atoms with Crippen LogP contribution >= 0.6 is 15.9 Å². The molecular formula is C12H16BrNO3. The number of phenolic OH excluding ortho intramolecular Hbond substituents is 2. The van der Waals surface area contributed by atoms with E-state index in [2.05, 4.69) is 15.9 Å². The van der Waals surface area contributed by atoms with E-state index in [0.29, 0.717) is 11.9 Å². The van der Waals surface area contributed by atoms with Gasteiger partial charge in [0.25, 0.3) is 5.91 Å². The van der Waals surface area contributed by atoms with Gasteiger partial charge < -0.3 is 15.1 Å². The van der Waals surface area contributed by atoms with Gasteiger partial charge in [-0.05, 0) is 26.0 Å². The molecule has 1 aromatic carbocycles. The number of rotatable bonds is 4. The number of aromatic hydroxyl groups is 2. The number of phenols is 2. The van der Waals surface area contributed by atoms with Crippen LogP contribution in [0.15, 0.2) is 18.2 Å². The summed E-state index contributed by atoms with van der Waals surface area (Å²) in [4.78, 5) is 13.8. The minimum absolute atomic E-state index is 0.000874. The molecule has 0 radical (unpaired) electrons. The molecule has 0 saturated carbocycles. The van der Waals surface area contributed by atoms with Gasteiger partial charge >= 0.3 is 0 Å². The third kappa shape index (κ3) is 3.12. The molecule has 1 rings (SSSR count). The van der Waals surface area contributed by atoms with Crippen molar-refractivity contribution in [3.05, 3.63) is 23.8 Å². The number of halogens is 1. The van der Waals surface area contributed by atoms with Crippen LogP contribution in [0.2, 0.25) is 0 Å². The zero-order valence-electron chi connectivity index (χ0n) is 9.85. The molecule has 0 saturated heterocycles. The molecule has 0 aliphatic rings. The molecule has 94 valence electrons. The second-order valence-electron chi connectivity index (χ2n) is 3.95. The number of hydrogen-bond acceptors (Lipinski definition) is 3. The molecule has 0 atom stereocenters. The smallest absolute Gasteiger partial charge is 0.261 e. The predicted octanol–water partition coefficient (Wildman–Crippen LogP) is 2.34. The molecule has 2 N–H and O–H groups in total. The van der Waals surface area contributed by atoms with Crippen molar-refractivity contribution < 1.29 is 15.0 Å². The summed E-state index contributed by atoms with van der Waals surface area (Å²) >= 11 is 3.28. The van der Waals surface area contributed by atoms with E-state index in [4.69, 9.17) is 0 Å². The number of benzene rings is 1. The Labute approximate surface area is 109 Å². The minimum atomic E-state index is -0.366. The van der Waals surface area contributed by atoms with Gasteiger partial charge in [0, 0.05) is 17.9 Å². The van der Waals surface area contributed by atoms with E-state index >= 15 is 0 Å². The maximum atomic E-state index is 12.2. The maximum Gasteiger partial charge on any atom is 0.261 e. The lowest BCUT2D eigenvalue weighted by atomic mass is 10.1. The van der Waals surface area contributed by atoms with Gasteiger partial charge in [-0.25, -0.2) is 0 Å². The third-order valence-electron chi connectivity index (χ3n) is 2.44. The van der Waals surface area contributed by atoms with Gasteiger partial charge in [-0.1, -0.05) is 22.0 Å². The molecule has 4 nitrogen and oxygen atoms in total. The highest BCUT2D eigenvalue weighted by molar-refractivity contribution is 9.09. The third-order valence-corrected chi connectivity index (χ3v) is 2.80. The van der Waals surface area contributed by atoms with Crippen molar-refractivity contribution in [2.75, 3.05) is 11.9 Å². The zero-order valence-corrected chi connectivity index (χ0v) is 11.4. The van der Waals surface area contributed by atoms with Crippen molar-refractivity contribution in [1.82, 2.24) is 4.90 Å². The van der Waals surface area contributed by atoms with Crippen LogP contribution in [0.4, 0.5) is 0 Å². The molecule has 1 amide bonds. The molecule has 0 heterocycles. The Morgan fingerprint density at radius 1 is 1.35 bits per heavy atom. The van der Waals surface area contributed by atoms with Gasteiger partial charge in [-0.15, -0.1) is 0 Å². The molecule has 0 bridgehead atoms. The molecule has 17 heavy (non-hydrogen) atoms. The van der Waals surface area contributed by atoms with Crippen molar-refractivity contribution in [1.29, 1.82) is 0 Å². The lowest BCUT2D eigenvalue weighted by Crippen LogP contribution is -2.38. The Morgan fingerprint density at radius 3 is 2.29 bits per heavy atom. The van der Waals surface area contributed by atoms with E-state index in [1.54, 1.807) is 4.90 Å². The topological polar surface area (TPSA) is 60.8 Å². The number of amides is 1. The highest BCUT2D eigenvalue weighted by Gasteiger charge is 2.23. The van der Waals surface area contributed by atoms with E-state index in [-0.39, 0.29) is 29.0 Å². The number of carbonyl (C=O) groups is 1. The van der Waals surface area contributed by atoms with E-state index < -0.39 is 0 Å². The normalized spacial score (nSPS) is 10.6. The zero-order chi connectivity index (χ0) is 13.0. The van der Waals surface area contributed by atoms with Gasteiger partial charge in [0.05, 0.1) is 0 Å². The molecule has 0 spiro atoms. The maximum absolute atomic E-state index is 12.2. The predicted molar refractivity (Wildman–Crippen MR) is 69.7 cm³/mol. The summed E-state index contributed by atoms with van der Waals surface area (Å²) in [5, 5.41) is 19.9. The Balaban J connectivity index is 3.09. The van der Waals surface area contributed by atoms with Crippen LogP contribution in [0, 0.1) is 0 Å². The van der Waals surface area contributed by atoms with Crippen molar-refractivity contribution in [3.63, 3.8) is 0 Å². The van der Waals surface area contributed by atoms with Crippen molar-refractivity contribution in [3.8, 4) is 11.5 Å². The molecule has 0 aliphatic carbocycles. The largest absolute Gasteiger partial charge is 0.507 e. The number of hydrogen-bond donors (Lipinski definition) is 2. The van der Waals surface area contributed by atoms with Gasteiger partial charge in [0.2, 0.25) is 0 Å². The first kappa shape index (κ1) is 13.8. The van der Waals surface area contributed by atoms with E-state index in [1.165, 1.54) is 18.2 Å². The van der Waals surface area contributed by atoms with Crippen molar-refractivity contribution in [2.24, 2.45) is 0 Å². The van der Waals surface area contributed by atoms with Crippen molar-refractivity contribution in [2.45, 2.75) is 19.9 Å². The molecule has 0 aliphatic heterocycles. The molecule has 5 heteroatoms. The summed E-state index contributed by atoms with van der Waals surface area (Å²) in [6.45, 7) is 4.29. The first-order valence-corrected chi connectivity index (χ1v) is 6.49.